The molecule has 6 nitrogen and oxygen atoms in total. The molecule has 0 bridgehead atoms. The second-order valence-corrected chi connectivity index (χ2v) is 4.98. The van der Waals surface area contributed by atoms with Gasteiger partial charge in [0.25, 0.3) is 0 Å². The molecule has 2 aromatic rings. The Morgan fingerprint density at radius 1 is 0.920 bits per heavy atom. The third kappa shape index (κ3) is 4.60. The van der Waals surface area contributed by atoms with Crippen molar-refractivity contribution in [3.05, 3.63) is 65.9 Å². The normalized spacial score (nSPS) is 10.4. The van der Waals surface area contributed by atoms with Crippen molar-refractivity contribution < 1.29 is 23.8 Å². The highest BCUT2D eigenvalue weighted by Gasteiger charge is 2.08. The molecule has 0 unspecified atom stereocenters. The number of carbonyl (C=O) groups is 2. The molecule has 0 radical (unpaired) electrons. The minimum Gasteiger partial charge on any atom is -0.493 e. The van der Waals surface area contributed by atoms with Crippen LogP contribution in [0.15, 0.2) is 54.7 Å². The molecule has 0 saturated heterocycles. The van der Waals surface area contributed by atoms with Crippen LogP contribution >= 0.6 is 0 Å². The molecular weight excluding hydrogens is 322 g/mol. The van der Waals surface area contributed by atoms with Crippen LogP contribution in [-0.4, -0.2) is 33.1 Å². The number of allylic oxidation sites excluding steroid dienone is 1. The predicted molar refractivity (Wildman–Crippen MR) is 94.4 cm³/mol. The summed E-state index contributed by atoms with van der Waals surface area (Å²) in [6.07, 6.45) is 2.90. The van der Waals surface area contributed by atoms with Gasteiger partial charge in [-0.2, -0.15) is 0 Å². The number of esters is 1. The van der Waals surface area contributed by atoms with Crippen molar-refractivity contribution in [1.29, 1.82) is 0 Å². The maximum atomic E-state index is 12.2. The molecule has 0 amide bonds. The zero-order valence-electron chi connectivity index (χ0n) is 14.2. The summed E-state index contributed by atoms with van der Waals surface area (Å²) in [5.41, 5.74) is 1.56. The Bertz CT molecular complexity index is 798. The number of ether oxygens (including phenoxy) is 3. The van der Waals surface area contributed by atoms with Crippen molar-refractivity contribution in [2.45, 2.75) is 0 Å². The quantitative estimate of drug-likeness (QED) is 0.473. The molecule has 6 heteroatoms. The lowest BCUT2D eigenvalue weighted by atomic mass is 10.1. The van der Waals surface area contributed by atoms with E-state index in [1.54, 1.807) is 42.5 Å². The Balaban J connectivity index is 2.07. The van der Waals surface area contributed by atoms with Crippen molar-refractivity contribution >= 4 is 17.4 Å². The fourth-order valence-electron chi connectivity index (χ4n) is 2.15. The lowest BCUT2D eigenvalue weighted by Crippen LogP contribution is -2.02. The maximum Gasteiger partial charge on any atom is 0.337 e. The van der Waals surface area contributed by atoms with Gasteiger partial charge in [-0.15, -0.1) is 0 Å². The fraction of sp³-hybridized carbons (Fsp3) is 0.158. The zero-order chi connectivity index (χ0) is 18.2. The summed E-state index contributed by atoms with van der Waals surface area (Å²) in [5, 5.41) is 2.95. The molecule has 0 atom stereocenters. The van der Waals surface area contributed by atoms with Crippen molar-refractivity contribution in [2.75, 3.05) is 26.6 Å². The smallest absolute Gasteiger partial charge is 0.337 e. The summed E-state index contributed by atoms with van der Waals surface area (Å²) in [6, 6.07) is 11.7. The van der Waals surface area contributed by atoms with Crippen LogP contribution in [0.5, 0.6) is 11.5 Å². The molecule has 0 aromatic heterocycles. The van der Waals surface area contributed by atoms with E-state index in [2.05, 4.69) is 10.1 Å². The Labute approximate surface area is 146 Å². The molecule has 0 aliphatic rings. The van der Waals surface area contributed by atoms with E-state index in [4.69, 9.17) is 9.47 Å². The maximum absolute atomic E-state index is 12.2. The van der Waals surface area contributed by atoms with Crippen molar-refractivity contribution in [2.24, 2.45) is 0 Å². The van der Waals surface area contributed by atoms with E-state index >= 15 is 0 Å². The number of anilines is 1. The first-order valence-electron chi connectivity index (χ1n) is 7.47. The lowest BCUT2D eigenvalue weighted by Gasteiger charge is -2.08. The third-order valence-corrected chi connectivity index (χ3v) is 3.44. The fourth-order valence-corrected chi connectivity index (χ4v) is 2.15. The molecule has 0 saturated carbocycles. The second-order valence-electron chi connectivity index (χ2n) is 4.98. The first-order valence-corrected chi connectivity index (χ1v) is 7.47. The molecule has 0 spiro atoms. The Morgan fingerprint density at radius 2 is 1.68 bits per heavy atom. The Kier molecular flexibility index (Phi) is 6.17. The third-order valence-electron chi connectivity index (χ3n) is 3.44. The Hall–Kier alpha value is -3.28. The van der Waals surface area contributed by atoms with Gasteiger partial charge < -0.3 is 19.5 Å². The summed E-state index contributed by atoms with van der Waals surface area (Å²) in [5.74, 6) is 0.424. The molecule has 130 valence electrons. The van der Waals surface area contributed by atoms with Crippen molar-refractivity contribution in [1.82, 2.24) is 0 Å². The van der Waals surface area contributed by atoms with Crippen molar-refractivity contribution in [3.63, 3.8) is 0 Å². The van der Waals surface area contributed by atoms with E-state index in [1.807, 2.05) is 0 Å². The number of carbonyl (C=O) groups excluding carboxylic acids is 2. The predicted octanol–water partition coefficient (Wildman–Crippen LogP) is 3.30. The van der Waals surface area contributed by atoms with E-state index in [1.165, 1.54) is 33.6 Å². The average molecular weight is 341 g/mol. The van der Waals surface area contributed by atoms with Gasteiger partial charge in [0.2, 0.25) is 0 Å². The highest BCUT2D eigenvalue weighted by molar-refractivity contribution is 6.05. The molecule has 0 aliphatic carbocycles. The van der Waals surface area contributed by atoms with Gasteiger partial charge >= 0.3 is 5.97 Å². The van der Waals surface area contributed by atoms with Crippen LogP contribution in [0.3, 0.4) is 0 Å². The van der Waals surface area contributed by atoms with Crippen LogP contribution in [0.1, 0.15) is 20.7 Å². The molecule has 2 rings (SSSR count). The summed E-state index contributed by atoms with van der Waals surface area (Å²) < 4.78 is 15.0. The van der Waals surface area contributed by atoms with Crippen LogP contribution in [-0.2, 0) is 4.74 Å². The minimum absolute atomic E-state index is 0.197. The van der Waals surface area contributed by atoms with Gasteiger partial charge in [-0.25, -0.2) is 4.79 Å². The molecule has 0 heterocycles. The minimum atomic E-state index is -0.422. The highest BCUT2D eigenvalue weighted by atomic mass is 16.5. The monoisotopic (exact) mass is 341 g/mol. The number of ketones is 1. The molecule has 0 fully saturated rings. The van der Waals surface area contributed by atoms with Gasteiger partial charge in [0, 0.05) is 23.5 Å². The largest absolute Gasteiger partial charge is 0.493 e. The van der Waals surface area contributed by atoms with E-state index in [0.717, 1.165) is 0 Å². The van der Waals surface area contributed by atoms with Gasteiger partial charge in [-0.1, -0.05) is 6.07 Å². The number of benzene rings is 2. The molecule has 2 aromatic carbocycles. The number of hydrogen-bond donors (Lipinski definition) is 1. The number of methoxy groups -OCH3 is 3. The van der Waals surface area contributed by atoms with Gasteiger partial charge in [0.1, 0.15) is 0 Å². The topological polar surface area (TPSA) is 73.9 Å². The molecular formula is C19H19NO5. The van der Waals surface area contributed by atoms with Crippen LogP contribution in [0.2, 0.25) is 0 Å². The summed E-state index contributed by atoms with van der Waals surface area (Å²) in [7, 11) is 4.37. The van der Waals surface area contributed by atoms with Crippen LogP contribution < -0.4 is 14.8 Å². The standard InChI is InChI=1S/C19H19NO5/c1-23-17-8-7-13(12-18(17)24-2)16(21)9-10-20-15-6-4-5-14(11-15)19(22)25-3/h4-12,20H,1-3H3. The Morgan fingerprint density at radius 3 is 2.36 bits per heavy atom. The molecule has 1 N–H and O–H groups in total. The average Bonchev–Trinajstić information content (AvgIpc) is 2.66. The summed E-state index contributed by atoms with van der Waals surface area (Å²) in [6.45, 7) is 0. The van der Waals surface area contributed by atoms with Crippen LogP contribution in [0, 0.1) is 0 Å². The van der Waals surface area contributed by atoms with Crippen LogP contribution in [0.4, 0.5) is 5.69 Å². The second kappa shape index (κ2) is 8.54. The first-order chi connectivity index (χ1) is 12.1. The SMILES string of the molecule is COC(=O)c1cccc(NC=CC(=O)c2ccc(OC)c(OC)c2)c1. The van der Waals surface area contributed by atoms with Gasteiger partial charge in [-0.05, 0) is 36.4 Å². The number of hydrogen-bond acceptors (Lipinski definition) is 6. The molecule has 0 aliphatic heterocycles. The first kappa shape index (κ1) is 18.1. The van der Waals surface area contributed by atoms with Crippen LogP contribution in [0.25, 0.3) is 0 Å². The van der Waals surface area contributed by atoms with E-state index < -0.39 is 5.97 Å². The highest BCUT2D eigenvalue weighted by Crippen LogP contribution is 2.27. The lowest BCUT2D eigenvalue weighted by molar-refractivity contribution is 0.0600. The van der Waals surface area contributed by atoms with E-state index in [-0.39, 0.29) is 5.78 Å². The summed E-state index contributed by atoms with van der Waals surface area (Å²) >= 11 is 0. The molecule has 25 heavy (non-hydrogen) atoms. The van der Waals surface area contributed by atoms with Gasteiger partial charge in [0.15, 0.2) is 17.3 Å². The van der Waals surface area contributed by atoms with E-state index in [0.29, 0.717) is 28.3 Å². The van der Waals surface area contributed by atoms with Gasteiger partial charge in [-0.3, -0.25) is 4.79 Å². The van der Waals surface area contributed by atoms with Crippen molar-refractivity contribution in [3.8, 4) is 11.5 Å². The summed E-state index contributed by atoms with van der Waals surface area (Å²) in [4.78, 5) is 23.7. The zero-order valence-corrected chi connectivity index (χ0v) is 14.2. The number of nitrogens with one attached hydrogen (secondary N) is 1. The van der Waals surface area contributed by atoms with Gasteiger partial charge in [0.05, 0.1) is 26.9 Å². The van der Waals surface area contributed by atoms with E-state index in [9.17, 15) is 9.59 Å². The number of rotatable bonds is 7.